The third-order valence-corrected chi connectivity index (χ3v) is 6.09. The Balaban J connectivity index is 1.37. The Labute approximate surface area is 176 Å². The summed E-state index contributed by atoms with van der Waals surface area (Å²) in [5, 5.41) is 1.79. The topological polar surface area (TPSA) is 20.3 Å². The molecule has 27 heavy (non-hydrogen) atoms. The van der Waals surface area contributed by atoms with Crippen LogP contribution >= 0.6 is 34.8 Å². The number of hydrogen-bond donors (Lipinski definition) is 0. The summed E-state index contributed by atoms with van der Waals surface area (Å²) in [6, 6.07) is 13.3. The highest BCUT2D eigenvalue weighted by atomic mass is 35.5. The van der Waals surface area contributed by atoms with Gasteiger partial charge in [0.05, 0.1) is 5.02 Å². The lowest BCUT2D eigenvalue weighted by atomic mass is 9.89. The first-order chi connectivity index (χ1) is 13.0. The molecule has 2 nitrogen and oxygen atoms in total. The first kappa shape index (κ1) is 20.7. The number of likely N-dealkylation sites (tertiary alicyclic amines) is 1. The molecule has 1 fully saturated rings. The van der Waals surface area contributed by atoms with Gasteiger partial charge in [-0.3, -0.25) is 4.79 Å². The van der Waals surface area contributed by atoms with E-state index in [0.29, 0.717) is 27.9 Å². The molecule has 0 bridgehead atoms. The molecular formula is C22H24Cl3NO. The number of hydrogen-bond acceptors (Lipinski definition) is 2. The third-order valence-electron chi connectivity index (χ3n) is 5.29. The molecule has 5 heteroatoms. The zero-order valence-corrected chi connectivity index (χ0v) is 17.5. The van der Waals surface area contributed by atoms with Crippen LogP contribution in [0.15, 0.2) is 42.5 Å². The van der Waals surface area contributed by atoms with Crippen molar-refractivity contribution in [3.63, 3.8) is 0 Å². The normalized spacial score (nSPS) is 15.8. The van der Waals surface area contributed by atoms with Crippen LogP contribution in [-0.2, 0) is 0 Å². The van der Waals surface area contributed by atoms with E-state index in [0.717, 1.165) is 37.5 Å². The number of benzene rings is 2. The summed E-state index contributed by atoms with van der Waals surface area (Å²) in [6.07, 6.45) is 4.81. The van der Waals surface area contributed by atoms with Crippen molar-refractivity contribution >= 4 is 40.6 Å². The van der Waals surface area contributed by atoms with Crippen molar-refractivity contribution in [2.75, 3.05) is 19.6 Å². The van der Waals surface area contributed by atoms with Gasteiger partial charge in [0, 0.05) is 22.0 Å². The molecule has 0 aromatic heterocycles. The fourth-order valence-corrected chi connectivity index (χ4v) is 4.34. The molecule has 0 spiro atoms. The fraction of sp³-hybridized carbons (Fsp3) is 0.409. The quantitative estimate of drug-likeness (QED) is 0.356. The van der Waals surface area contributed by atoms with Gasteiger partial charge in [0.1, 0.15) is 0 Å². The second kappa shape index (κ2) is 9.93. The maximum atomic E-state index is 12.3. The predicted octanol–water partition coefficient (Wildman–Crippen LogP) is 6.88. The van der Waals surface area contributed by atoms with Gasteiger partial charge in [-0.1, -0.05) is 46.9 Å². The molecule has 144 valence electrons. The predicted molar refractivity (Wildman–Crippen MR) is 115 cm³/mol. The highest BCUT2D eigenvalue weighted by molar-refractivity contribution is 6.36. The molecular weight excluding hydrogens is 401 g/mol. The second-order valence-electron chi connectivity index (χ2n) is 7.17. The summed E-state index contributed by atoms with van der Waals surface area (Å²) >= 11 is 18.0. The lowest BCUT2D eigenvalue weighted by molar-refractivity contribution is 0.0977. The van der Waals surface area contributed by atoms with Crippen LogP contribution in [0.2, 0.25) is 15.1 Å². The van der Waals surface area contributed by atoms with Gasteiger partial charge in [0.2, 0.25) is 0 Å². The number of ketones is 1. The van der Waals surface area contributed by atoms with Crippen LogP contribution in [0.5, 0.6) is 0 Å². The molecule has 0 atom stereocenters. The minimum atomic E-state index is 0.0955. The molecule has 2 aromatic carbocycles. The monoisotopic (exact) mass is 423 g/mol. The number of Topliss-reactive ketones (excluding diaryl/α,β-unsaturated/α-hetero) is 1. The number of rotatable bonds is 7. The highest BCUT2D eigenvalue weighted by Crippen LogP contribution is 2.29. The molecule has 0 N–H and O–H groups in total. The van der Waals surface area contributed by atoms with E-state index in [9.17, 15) is 4.79 Å². The maximum Gasteiger partial charge on any atom is 0.164 e. The number of carbonyl (C=O) groups is 1. The van der Waals surface area contributed by atoms with Crippen LogP contribution < -0.4 is 0 Å². The molecule has 0 aliphatic carbocycles. The van der Waals surface area contributed by atoms with E-state index in [4.69, 9.17) is 34.8 Å². The average molecular weight is 425 g/mol. The summed E-state index contributed by atoms with van der Waals surface area (Å²) in [5.41, 5.74) is 1.97. The van der Waals surface area contributed by atoms with Gasteiger partial charge in [-0.2, -0.15) is 0 Å². The van der Waals surface area contributed by atoms with Gasteiger partial charge < -0.3 is 4.90 Å². The first-order valence-electron chi connectivity index (χ1n) is 9.49. The van der Waals surface area contributed by atoms with E-state index in [-0.39, 0.29) is 5.78 Å². The van der Waals surface area contributed by atoms with E-state index in [1.54, 1.807) is 18.2 Å². The largest absolute Gasteiger partial charge is 0.303 e. The van der Waals surface area contributed by atoms with E-state index in [1.807, 2.05) is 12.1 Å². The van der Waals surface area contributed by atoms with Crippen molar-refractivity contribution in [2.45, 2.75) is 38.0 Å². The third kappa shape index (κ3) is 5.96. The number of unbranched alkanes of at least 4 members (excludes halogenated alkanes) is 1. The summed E-state index contributed by atoms with van der Waals surface area (Å²) < 4.78 is 0. The Morgan fingerprint density at radius 2 is 1.59 bits per heavy atom. The Bertz CT molecular complexity index is 768. The van der Waals surface area contributed by atoms with Crippen molar-refractivity contribution in [1.82, 2.24) is 4.90 Å². The van der Waals surface area contributed by atoms with E-state index in [1.165, 1.54) is 18.4 Å². The van der Waals surface area contributed by atoms with Gasteiger partial charge in [-0.25, -0.2) is 0 Å². The first-order valence-corrected chi connectivity index (χ1v) is 10.6. The molecule has 0 saturated carbocycles. The van der Waals surface area contributed by atoms with Crippen molar-refractivity contribution in [1.29, 1.82) is 0 Å². The van der Waals surface area contributed by atoms with Crippen LogP contribution in [0.25, 0.3) is 0 Å². The van der Waals surface area contributed by atoms with Gasteiger partial charge in [-0.05, 0) is 87.1 Å². The number of halogens is 3. The van der Waals surface area contributed by atoms with E-state index >= 15 is 0 Å². The summed E-state index contributed by atoms with van der Waals surface area (Å²) in [4.78, 5) is 14.8. The maximum absolute atomic E-state index is 12.3. The molecule has 2 aromatic rings. The molecule has 1 aliphatic heterocycles. The Kier molecular flexibility index (Phi) is 7.60. The number of carbonyl (C=O) groups excluding carboxylic acids is 1. The minimum absolute atomic E-state index is 0.0955. The van der Waals surface area contributed by atoms with Crippen LogP contribution in [0, 0.1) is 0 Å². The van der Waals surface area contributed by atoms with Crippen LogP contribution in [0.1, 0.15) is 53.9 Å². The molecule has 0 radical (unpaired) electrons. The van der Waals surface area contributed by atoms with Crippen LogP contribution in [-0.4, -0.2) is 30.3 Å². The van der Waals surface area contributed by atoms with Crippen molar-refractivity contribution in [3.8, 4) is 0 Å². The molecule has 3 rings (SSSR count). The number of nitrogens with zero attached hydrogens (tertiary/aromatic N) is 1. The van der Waals surface area contributed by atoms with Crippen LogP contribution in [0.3, 0.4) is 0 Å². The molecule has 1 aliphatic rings. The Morgan fingerprint density at radius 3 is 2.26 bits per heavy atom. The van der Waals surface area contributed by atoms with Crippen LogP contribution in [0.4, 0.5) is 0 Å². The van der Waals surface area contributed by atoms with Crippen molar-refractivity contribution in [2.24, 2.45) is 0 Å². The molecule has 1 saturated heterocycles. The second-order valence-corrected chi connectivity index (χ2v) is 8.45. The van der Waals surface area contributed by atoms with Crippen molar-refractivity contribution in [3.05, 3.63) is 68.7 Å². The van der Waals surface area contributed by atoms with Gasteiger partial charge in [0.25, 0.3) is 0 Å². The SMILES string of the molecule is O=C(CCCCN1CCC(c2ccc(Cl)cc2)CC1)c1ccc(Cl)cc1Cl. The highest BCUT2D eigenvalue weighted by Gasteiger charge is 2.20. The van der Waals surface area contributed by atoms with E-state index in [2.05, 4.69) is 17.0 Å². The van der Waals surface area contributed by atoms with Gasteiger partial charge in [-0.15, -0.1) is 0 Å². The zero-order valence-electron chi connectivity index (χ0n) is 15.3. The van der Waals surface area contributed by atoms with Gasteiger partial charge in [0.15, 0.2) is 5.78 Å². The summed E-state index contributed by atoms with van der Waals surface area (Å²) in [6.45, 7) is 3.28. The Hall–Kier alpha value is -1.06. The fourth-order valence-electron chi connectivity index (χ4n) is 3.70. The van der Waals surface area contributed by atoms with Crippen molar-refractivity contribution < 1.29 is 4.79 Å². The number of piperidine rings is 1. The average Bonchev–Trinajstić information content (AvgIpc) is 2.66. The lowest BCUT2D eigenvalue weighted by Gasteiger charge is -2.32. The molecule has 0 amide bonds. The van der Waals surface area contributed by atoms with Gasteiger partial charge >= 0.3 is 0 Å². The molecule has 1 heterocycles. The zero-order chi connectivity index (χ0) is 19.2. The minimum Gasteiger partial charge on any atom is -0.303 e. The molecule has 0 unspecified atom stereocenters. The van der Waals surface area contributed by atoms with E-state index < -0.39 is 0 Å². The Morgan fingerprint density at radius 1 is 0.926 bits per heavy atom. The summed E-state index contributed by atoms with van der Waals surface area (Å²) in [5.74, 6) is 0.727. The summed E-state index contributed by atoms with van der Waals surface area (Å²) in [7, 11) is 0. The smallest absolute Gasteiger partial charge is 0.164 e. The lowest BCUT2D eigenvalue weighted by Crippen LogP contribution is -2.33. The standard InChI is InChI=1S/C22H24Cl3NO/c23-18-6-4-16(5-7-18)17-10-13-26(14-11-17)12-2-1-3-22(27)20-9-8-19(24)15-21(20)25/h4-9,15,17H,1-3,10-14H2.